The fourth-order valence-electron chi connectivity index (χ4n) is 2.09. The summed E-state index contributed by atoms with van der Waals surface area (Å²) < 4.78 is 10.7. The Morgan fingerprint density at radius 1 is 1.20 bits per heavy atom. The Bertz CT molecular complexity index is 576. The fourth-order valence-corrected chi connectivity index (χ4v) is 3.14. The summed E-state index contributed by atoms with van der Waals surface area (Å²) in [7, 11) is 5.25. The van der Waals surface area contributed by atoms with E-state index in [-0.39, 0.29) is 6.04 Å². The molecular weight excluding hydrogens is 272 g/mol. The van der Waals surface area contributed by atoms with Crippen molar-refractivity contribution in [2.24, 2.45) is 0 Å². The summed E-state index contributed by atoms with van der Waals surface area (Å²) >= 11 is 1.71. The maximum absolute atomic E-state index is 5.49. The van der Waals surface area contributed by atoms with Crippen LogP contribution in [0.25, 0.3) is 0 Å². The number of methoxy groups -OCH3 is 2. The van der Waals surface area contributed by atoms with Gasteiger partial charge in [0.15, 0.2) is 0 Å². The quantitative estimate of drug-likeness (QED) is 0.919. The summed E-state index contributed by atoms with van der Waals surface area (Å²) in [6.07, 6.45) is 0. The molecule has 0 aliphatic rings. The molecule has 4 nitrogen and oxygen atoms in total. The van der Waals surface area contributed by atoms with Gasteiger partial charge in [-0.1, -0.05) is 0 Å². The molecule has 20 heavy (non-hydrogen) atoms. The van der Waals surface area contributed by atoms with Gasteiger partial charge < -0.3 is 14.8 Å². The Labute approximate surface area is 123 Å². The van der Waals surface area contributed by atoms with E-state index in [2.05, 4.69) is 17.2 Å². The molecule has 1 unspecified atom stereocenters. The van der Waals surface area contributed by atoms with Gasteiger partial charge in [-0.3, -0.25) is 0 Å². The average molecular weight is 292 g/mol. The largest absolute Gasteiger partial charge is 0.497 e. The molecule has 2 rings (SSSR count). The number of nitrogens with one attached hydrogen (secondary N) is 1. The Morgan fingerprint density at radius 2 is 1.95 bits per heavy atom. The van der Waals surface area contributed by atoms with Crippen LogP contribution in [0.5, 0.6) is 11.5 Å². The van der Waals surface area contributed by atoms with Crippen LogP contribution >= 0.6 is 11.3 Å². The van der Waals surface area contributed by atoms with Gasteiger partial charge in [-0.15, -0.1) is 11.3 Å². The number of hydrogen-bond donors (Lipinski definition) is 1. The van der Waals surface area contributed by atoms with Crippen LogP contribution in [-0.4, -0.2) is 26.3 Å². The summed E-state index contributed by atoms with van der Waals surface area (Å²) in [5.41, 5.74) is 2.14. The van der Waals surface area contributed by atoms with Crippen molar-refractivity contribution >= 4 is 11.3 Å². The van der Waals surface area contributed by atoms with Crippen molar-refractivity contribution in [3.63, 3.8) is 0 Å². The molecule has 0 spiro atoms. The van der Waals surface area contributed by atoms with Crippen molar-refractivity contribution in [3.8, 4) is 11.5 Å². The van der Waals surface area contributed by atoms with Gasteiger partial charge >= 0.3 is 0 Å². The SMILES string of the molecule is CNC(c1nc(C)c(C)s1)c1ccc(OC)cc1OC. The van der Waals surface area contributed by atoms with E-state index in [1.807, 2.05) is 32.2 Å². The van der Waals surface area contributed by atoms with Crippen molar-refractivity contribution in [2.75, 3.05) is 21.3 Å². The Kier molecular flexibility index (Phi) is 4.62. The van der Waals surface area contributed by atoms with Crippen molar-refractivity contribution in [1.82, 2.24) is 10.3 Å². The van der Waals surface area contributed by atoms with E-state index in [1.54, 1.807) is 25.6 Å². The molecule has 0 saturated carbocycles. The van der Waals surface area contributed by atoms with E-state index in [9.17, 15) is 0 Å². The van der Waals surface area contributed by atoms with Crippen molar-refractivity contribution in [2.45, 2.75) is 19.9 Å². The van der Waals surface area contributed by atoms with E-state index in [0.717, 1.165) is 27.8 Å². The Morgan fingerprint density at radius 3 is 2.45 bits per heavy atom. The van der Waals surface area contributed by atoms with E-state index in [4.69, 9.17) is 9.47 Å². The molecule has 1 aromatic heterocycles. The summed E-state index contributed by atoms with van der Waals surface area (Å²) in [6, 6.07) is 5.88. The molecule has 0 aliphatic heterocycles. The van der Waals surface area contributed by atoms with Crippen molar-refractivity contribution in [1.29, 1.82) is 0 Å². The number of aryl methyl sites for hydroxylation is 2. The molecule has 0 aliphatic carbocycles. The minimum atomic E-state index is 0.0215. The second kappa shape index (κ2) is 6.24. The normalized spacial score (nSPS) is 12.2. The highest BCUT2D eigenvalue weighted by molar-refractivity contribution is 7.11. The molecule has 2 aromatic rings. The molecular formula is C15H20N2O2S. The third kappa shape index (κ3) is 2.78. The predicted molar refractivity (Wildman–Crippen MR) is 82.0 cm³/mol. The van der Waals surface area contributed by atoms with Gasteiger partial charge in [0.2, 0.25) is 0 Å². The number of rotatable bonds is 5. The van der Waals surface area contributed by atoms with Gasteiger partial charge in [-0.05, 0) is 33.0 Å². The first-order chi connectivity index (χ1) is 9.60. The number of thiazole rings is 1. The number of hydrogen-bond acceptors (Lipinski definition) is 5. The highest BCUT2D eigenvalue weighted by Gasteiger charge is 2.21. The second-order valence-corrected chi connectivity index (χ2v) is 5.76. The van der Waals surface area contributed by atoms with E-state index in [0.29, 0.717) is 0 Å². The smallest absolute Gasteiger partial charge is 0.127 e. The lowest BCUT2D eigenvalue weighted by atomic mass is 10.1. The summed E-state index contributed by atoms with van der Waals surface area (Å²) in [4.78, 5) is 5.89. The maximum atomic E-state index is 5.49. The maximum Gasteiger partial charge on any atom is 0.127 e. The molecule has 0 amide bonds. The van der Waals surface area contributed by atoms with Crippen LogP contribution in [0, 0.1) is 13.8 Å². The average Bonchev–Trinajstić information content (AvgIpc) is 2.79. The van der Waals surface area contributed by atoms with Crippen LogP contribution in [0.3, 0.4) is 0 Å². The fraction of sp³-hybridized carbons (Fsp3) is 0.400. The first-order valence-corrected chi connectivity index (χ1v) is 7.25. The number of nitrogens with zero attached hydrogens (tertiary/aromatic N) is 1. The van der Waals surface area contributed by atoms with Crippen LogP contribution in [0.4, 0.5) is 0 Å². The van der Waals surface area contributed by atoms with E-state index >= 15 is 0 Å². The van der Waals surface area contributed by atoms with E-state index in [1.165, 1.54) is 4.88 Å². The molecule has 1 N–H and O–H groups in total. The molecule has 0 fully saturated rings. The molecule has 0 saturated heterocycles. The lowest BCUT2D eigenvalue weighted by Crippen LogP contribution is -2.18. The molecule has 1 heterocycles. The van der Waals surface area contributed by atoms with Crippen LogP contribution in [0.15, 0.2) is 18.2 Å². The Balaban J connectivity index is 2.46. The molecule has 1 aromatic carbocycles. The highest BCUT2D eigenvalue weighted by Crippen LogP contribution is 2.35. The van der Waals surface area contributed by atoms with Crippen molar-refractivity contribution < 1.29 is 9.47 Å². The lowest BCUT2D eigenvalue weighted by molar-refractivity contribution is 0.388. The third-order valence-corrected chi connectivity index (χ3v) is 4.47. The predicted octanol–water partition coefficient (Wildman–Crippen LogP) is 3.09. The molecule has 108 valence electrons. The topological polar surface area (TPSA) is 43.4 Å². The Hall–Kier alpha value is -1.59. The molecule has 0 bridgehead atoms. The first-order valence-electron chi connectivity index (χ1n) is 6.43. The summed E-state index contributed by atoms with van der Waals surface area (Å²) in [6.45, 7) is 4.13. The lowest BCUT2D eigenvalue weighted by Gasteiger charge is -2.18. The summed E-state index contributed by atoms with van der Waals surface area (Å²) in [5, 5.41) is 4.36. The van der Waals surface area contributed by atoms with Crippen LogP contribution < -0.4 is 14.8 Å². The van der Waals surface area contributed by atoms with Gasteiger partial charge in [0.25, 0.3) is 0 Å². The number of benzene rings is 1. The number of ether oxygens (including phenoxy) is 2. The zero-order valence-corrected chi connectivity index (χ0v) is 13.3. The van der Waals surface area contributed by atoms with Gasteiger partial charge in [0.05, 0.1) is 26.0 Å². The minimum Gasteiger partial charge on any atom is -0.497 e. The molecule has 0 radical (unpaired) electrons. The zero-order chi connectivity index (χ0) is 14.7. The van der Waals surface area contributed by atoms with Crippen LogP contribution in [-0.2, 0) is 0 Å². The minimum absolute atomic E-state index is 0.0215. The molecule has 1 atom stereocenters. The van der Waals surface area contributed by atoms with E-state index < -0.39 is 0 Å². The zero-order valence-electron chi connectivity index (χ0n) is 12.5. The van der Waals surface area contributed by atoms with Gasteiger partial charge in [-0.2, -0.15) is 0 Å². The van der Waals surface area contributed by atoms with Gasteiger partial charge in [0, 0.05) is 16.5 Å². The van der Waals surface area contributed by atoms with Gasteiger partial charge in [0.1, 0.15) is 16.5 Å². The van der Waals surface area contributed by atoms with Gasteiger partial charge in [-0.25, -0.2) is 4.98 Å². The second-order valence-electron chi connectivity index (χ2n) is 4.52. The standard InChI is InChI=1S/C15H20N2O2S/c1-9-10(2)20-15(17-9)14(16-3)12-7-6-11(18-4)8-13(12)19-5/h6-8,14,16H,1-5H3. The third-order valence-electron chi connectivity index (χ3n) is 3.33. The summed E-state index contributed by atoms with van der Waals surface area (Å²) in [5.74, 6) is 1.58. The van der Waals surface area contributed by atoms with Crippen LogP contribution in [0.1, 0.15) is 27.2 Å². The molecule has 5 heteroatoms. The number of aromatic nitrogens is 1. The highest BCUT2D eigenvalue weighted by atomic mass is 32.1. The monoisotopic (exact) mass is 292 g/mol. The van der Waals surface area contributed by atoms with Crippen LogP contribution in [0.2, 0.25) is 0 Å². The first kappa shape index (κ1) is 14.8. The van der Waals surface area contributed by atoms with Crippen molar-refractivity contribution in [3.05, 3.63) is 39.3 Å².